The number of halogens is 3. The zero-order valence-corrected chi connectivity index (χ0v) is 7.71. The fourth-order valence-corrected chi connectivity index (χ4v) is 0.827. The number of hydrogen-bond acceptors (Lipinski definition) is 3. The quantitative estimate of drug-likeness (QED) is 0.627. The molecule has 0 heterocycles. The zero-order valence-electron chi connectivity index (χ0n) is 7.71. The molecule has 0 bridgehead atoms. The maximum absolute atomic E-state index is 11.8. The SMILES string of the molecule is CCC(NC(=O)C(F)(F)F)C(O)C(=O)O. The van der Waals surface area contributed by atoms with Crippen LogP contribution in [0.3, 0.4) is 0 Å². The van der Waals surface area contributed by atoms with Crippen molar-refractivity contribution in [1.29, 1.82) is 0 Å². The third-order valence-electron chi connectivity index (χ3n) is 1.65. The minimum Gasteiger partial charge on any atom is -0.479 e. The lowest BCUT2D eigenvalue weighted by Crippen LogP contribution is -2.50. The number of carboxylic acid groups (broad SMARTS) is 1. The zero-order chi connectivity index (χ0) is 12.2. The molecule has 0 aromatic carbocycles. The number of aliphatic carboxylic acids is 1. The molecule has 0 saturated heterocycles. The van der Waals surface area contributed by atoms with E-state index >= 15 is 0 Å². The summed E-state index contributed by atoms with van der Waals surface area (Å²) in [5.41, 5.74) is 0. The van der Waals surface area contributed by atoms with E-state index in [0.29, 0.717) is 0 Å². The molecule has 5 nitrogen and oxygen atoms in total. The van der Waals surface area contributed by atoms with Crippen LogP contribution < -0.4 is 5.32 Å². The van der Waals surface area contributed by atoms with Crippen molar-refractivity contribution < 1.29 is 33.0 Å². The maximum Gasteiger partial charge on any atom is 0.471 e. The molecule has 0 aliphatic rings. The van der Waals surface area contributed by atoms with Crippen molar-refractivity contribution in [2.45, 2.75) is 31.7 Å². The predicted octanol–water partition coefficient (Wildman–Crippen LogP) is -0.111. The number of carboxylic acids is 1. The summed E-state index contributed by atoms with van der Waals surface area (Å²) in [4.78, 5) is 20.7. The van der Waals surface area contributed by atoms with E-state index < -0.39 is 30.2 Å². The summed E-state index contributed by atoms with van der Waals surface area (Å²) in [5, 5.41) is 18.6. The molecule has 0 aromatic heterocycles. The van der Waals surface area contributed by atoms with Gasteiger partial charge in [-0.05, 0) is 6.42 Å². The van der Waals surface area contributed by atoms with Crippen LogP contribution in [0.5, 0.6) is 0 Å². The lowest BCUT2D eigenvalue weighted by molar-refractivity contribution is -0.175. The van der Waals surface area contributed by atoms with Gasteiger partial charge in [-0.15, -0.1) is 0 Å². The first-order valence-electron chi connectivity index (χ1n) is 3.98. The summed E-state index contributed by atoms with van der Waals surface area (Å²) >= 11 is 0. The molecule has 88 valence electrons. The number of amides is 1. The van der Waals surface area contributed by atoms with Gasteiger partial charge in [-0.3, -0.25) is 4.79 Å². The van der Waals surface area contributed by atoms with Gasteiger partial charge in [0, 0.05) is 0 Å². The van der Waals surface area contributed by atoms with Crippen LogP contribution in [-0.4, -0.2) is 40.4 Å². The Bertz CT molecular complexity index is 253. The monoisotopic (exact) mass is 229 g/mol. The number of hydrogen-bond donors (Lipinski definition) is 3. The van der Waals surface area contributed by atoms with E-state index in [0.717, 1.165) is 0 Å². The molecule has 2 atom stereocenters. The van der Waals surface area contributed by atoms with E-state index in [-0.39, 0.29) is 6.42 Å². The molecule has 0 radical (unpaired) electrons. The molecule has 0 saturated carbocycles. The van der Waals surface area contributed by atoms with Crippen LogP contribution >= 0.6 is 0 Å². The Balaban J connectivity index is 4.47. The Morgan fingerprint density at radius 3 is 2.13 bits per heavy atom. The van der Waals surface area contributed by atoms with Gasteiger partial charge >= 0.3 is 18.1 Å². The van der Waals surface area contributed by atoms with E-state index in [4.69, 9.17) is 10.2 Å². The highest BCUT2D eigenvalue weighted by Crippen LogP contribution is 2.15. The summed E-state index contributed by atoms with van der Waals surface area (Å²) in [5.74, 6) is -3.96. The van der Waals surface area contributed by atoms with Gasteiger partial charge in [-0.25, -0.2) is 4.79 Å². The fourth-order valence-electron chi connectivity index (χ4n) is 0.827. The maximum atomic E-state index is 11.8. The first kappa shape index (κ1) is 13.7. The minimum absolute atomic E-state index is 0.130. The molecule has 1 amide bonds. The molecule has 0 spiro atoms. The van der Waals surface area contributed by atoms with Crippen LogP contribution in [-0.2, 0) is 9.59 Å². The van der Waals surface area contributed by atoms with Crippen LogP contribution in [0.25, 0.3) is 0 Å². The third kappa shape index (κ3) is 4.15. The van der Waals surface area contributed by atoms with Crippen molar-refractivity contribution in [2.75, 3.05) is 0 Å². The van der Waals surface area contributed by atoms with Crippen LogP contribution in [0.15, 0.2) is 0 Å². The molecule has 2 unspecified atom stereocenters. The predicted molar refractivity (Wildman–Crippen MR) is 41.9 cm³/mol. The molecular formula is C7H10F3NO4. The molecule has 0 aliphatic carbocycles. The van der Waals surface area contributed by atoms with Crippen molar-refractivity contribution in [3.05, 3.63) is 0 Å². The van der Waals surface area contributed by atoms with Crippen LogP contribution in [0.1, 0.15) is 13.3 Å². The Hall–Kier alpha value is -1.31. The van der Waals surface area contributed by atoms with E-state index in [2.05, 4.69) is 0 Å². The average Bonchev–Trinajstić information content (AvgIpc) is 2.10. The van der Waals surface area contributed by atoms with Crippen molar-refractivity contribution in [2.24, 2.45) is 0 Å². The van der Waals surface area contributed by atoms with E-state index in [1.54, 1.807) is 0 Å². The highest BCUT2D eigenvalue weighted by atomic mass is 19.4. The summed E-state index contributed by atoms with van der Waals surface area (Å²) in [6, 6.07) is -1.46. The molecule has 0 rings (SSSR count). The minimum atomic E-state index is -5.09. The van der Waals surface area contributed by atoms with Crippen LogP contribution in [0.2, 0.25) is 0 Å². The van der Waals surface area contributed by atoms with Gasteiger partial charge in [0.15, 0.2) is 6.10 Å². The summed E-state index contributed by atoms with van der Waals surface area (Å²) in [6.07, 6.45) is -7.28. The van der Waals surface area contributed by atoms with Crippen LogP contribution in [0, 0.1) is 0 Å². The Morgan fingerprint density at radius 2 is 1.87 bits per heavy atom. The lowest BCUT2D eigenvalue weighted by atomic mass is 10.1. The summed E-state index contributed by atoms with van der Waals surface area (Å²) < 4.78 is 35.3. The number of aliphatic hydroxyl groups is 1. The highest BCUT2D eigenvalue weighted by molar-refractivity contribution is 5.83. The molecule has 3 N–H and O–H groups in total. The second-order valence-electron chi connectivity index (χ2n) is 2.77. The number of nitrogens with one attached hydrogen (secondary N) is 1. The van der Waals surface area contributed by atoms with E-state index in [9.17, 15) is 22.8 Å². The Morgan fingerprint density at radius 1 is 1.40 bits per heavy atom. The first-order valence-corrected chi connectivity index (χ1v) is 3.98. The second-order valence-corrected chi connectivity index (χ2v) is 2.77. The first-order chi connectivity index (χ1) is 6.70. The fraction of sp³-hybridized carbons (Fsp3) is 0.714. The number of rotatable bonds is 4. The Labute approximate surface area is 82.9 Å². The molecule has 0 fully saturated rings. The molecule has 15 heavy (non-hydrogen) atoms. The number of aliphatic hydroxyl groups excluding tert-OH is 1. The van der Waals surface area contributed by atoms with Gasteiger partial charge in [-0.1, -0.05) is 6.92 Å². The summed E-state index contributed by atoms with van der Waals surface area (Å²) in [7, 11) is 0. The van der Waals surface area contributed by atoms with E-state index in [1.165, 1.54) is 12.2 Å². The topological polar surface area (TPSA) is 86.6 Å². The standard InChI is InChI=1S/C7H10F3NO4/c1-2-3(4(12)5(13)14)11-6(15)7(8,9)10/h3-4,12H,2H2,1H3,(H,11,15)(H,13,14). The number of carbonyl (C=O) groups excluding carboxylic acids is 1. The second kappa shape index (κ2) is 4.96. The van der Waals surface area contributed by atoms with Gasteiger partial charge in [0.05, 0.1) is 6.04 Å². The van der Waals surface area contributed by atoms with E-state index in [1.807, 2.05) is 0 Å². The lowest BCUT2D eigenvalue weighted by Gasteiger charge is -2.20. The van der Waals surface area contributed by atoms with Crippen molar-refractivity contribution in [3.63, 3.8) is 0 Å². The molecule has 0 aliphatic heterocycles. The number of alkyl halides is 3. The number of carbonyl (C=O) groups is 2. The average molecular weight is 229 g/mol. The van der Waals surface area contributed by atoms with Crippen molar-refractivity contribution in [3.8, 4) is 0 Å². The van der Waals surface area contributed by atoms with Gasteiger partial charge < -0.3 is 15.5 Å². The van der Waals surface area contributed by atoms with Gasteiger partial charge in [-0.2, -0.15) is 13.2 Å². The van der Waals surface area contributed by atoms with Gasteiger partial charge in [0.1, 0.15) is 0 Å². The molecule has 0 aromatic rings. The van der Waals surface area contributed by atoms with Crippen molar-refractivity contribution >= 4 is 11.9 Å². The largest absolute Gasteiger partial charge is 0.479 e. The molecular weight excluding hydrogens is 219 g/mol. The summed E-state index contributed by atoms with van der Waals surface area (Å²) in [6.45, 7) is 1.34. The van der Waals surface area contributed by atoms with Gasteiger partial charge in [0.2, 0.25) is 0 Å². The smallest absolute Gasteiger partial charge is 0.471 e. The van der Waals surface area contributed by atoms with Crippen LogP contribution in [0.4, 0.5) is 13.2 Å². The normalized spacial score (nSPS) is 15.5. The third-order valence-corrected chi connectivity index (χ3v) is 1.65. The highest BCUT2D eigenvalue weighted by Gasteiger charge is 2.41. The van der Waals surface area contributed by atoms with Crippen molar-refractivity contribution in [1.82, 2.24) is 5.32 Å². The van der Waals surface area contributed by atoms with Gasteiger partial charge in [0.25, 0.3) is 0 Å². The Kier molecular flexibility index (Phi) is 4.53. The molecule has 8 heteroatoms.